The highest BCUT2D eigenvalue weighted by Crippen LogP contribution is 2.29. The Morgan fingerprint density at radius 3 is 2.62 bits per heavy atom. The molecule has 1 aliphatic rings. The SMILES string of the molecule is Cc1cnc(COc2cc(C)n(C3=CC(c4nc(C(C)(C)O)ncc4C)=NC[C@H]3C)c(=O)c2Cl)c(F)c1. The molecule has 0 spiro atoms. The van der Waals surface area contributed by atoms with E-state index in [1.807, 2.05) is 19.9 Å². The van der Waals surface area contributed by atoms with E-state index < -0.39 is 17.0 Å². The molecule has 0 aliphatic carbocycles. The highest BCUT2D eigenvalue weighted by atomic mass is 35.5. The zero-order valence-corrected chi connectivity index (χ0v) is 22.4. The summed E-state index contributed by atoms with van der Waals surface area (Å²) in [7, 11) is 0. The predicted molar refractivity (Wildman–Crippen MR) is 141 cm³/mol. The van der Waals surface area contributed by atoms with Crippen LogP contribution in [0.1, 0.15) is 54.8 Å². The minimum absolute atomic E-state index is 0.0789. The molecule has 8 nitrogen and oxygen atoms in total. The van der Waals surface area contributed by atoms with Crippen LogP contribution in [0.2, 0.25) is 5.02 Å². The molecule has 0 amide bonds. The average Bonchev–Trinajstić information content (AvgIpc) is 2.82. The molecule has 0 fully saturated rings. The second-order valence-corrected chi connectivity index (χ2v) is 10.2. The van der Waals surface area contributed by atoms with Gasteiger partial charge in [0.25, 0.3) is 5.56 Å². The topological polar surface area (TPSA) is 102 Å². The fourth-order valence-electron chi connectivity index (χ4n) is 4.00. The Labute approximate surface area is 219 Å². The van der Waals surface area contributed by atoms with Crippen molar-refractivity contribution in [1.29, 1.82) is 0 Å². The highest BCUT2D eigenvalue weighted by molar-refractivity contribution is 6.31. The zero-order valence-electron chi connectivity index (χ0n) is 21.6. The van der Waals surface area contributed by atoms with Crippen LogP contribution in [-0.2, 0) is 12.2 Å². The highest BCUT2D eigenvalue weighted by Gasteiger charge is 2.26. The van der Waals surface area contributed by atoms with Gasteiger partial charge in [0.2, 0.25) is 0 Å². The molecule has 4 rings (SSSR count). The number of aromatic nitrogens is 4. The Hall–Kier alpha value is -3.43. The van der Waals surface area contributed by atoms with Gasteiger partial charge in [-0.25, -0.2) is 14.4 Å². The van der Waals surface area contributed by atoms with Gasteiger partial charge in [0.05, 0.1) is 11.4 Å². The van der Waals surface area contributed by atoms with Gasteiger partial charge in [-0.1, -0.05) is 18.5 Å². The monoisotopic (exact) mass is 525 g/mol. The van der Waals surface area contributed by atoms with Crippen LogP contribution in [0.3, 0.4) is 0 Å². The number of dihydropyridines is 1. The summed E-state index contributed by atoms with van der Waals surface area (Å²) in [5.41, 5.74) is 2.41. The number of rotatable bonds is 6. The number of aliphatic imine (C=N–C) groups is 1. The van der Waals surface area contributed by atoms with Gasteiger partial charge in [-0.15, -0.1) is 0 Å². The molecule has 0 unspecified atom stereocenters. The van der Waals surface area contributed by atoms with Crippen molar-refractivity contribution in [1.82, 2.24) is 19.5 Å². The van der Waals surface area contributed by atoms with Crippen molar-refractivity contribution in [2.45, 2.75) is 53.8 Å². The van der Waals surface area contributed by atoms with Crippen LogP contribution in [0.15, 0.2) is 40.4 Å². The fourth-order valence-corrected chi connectivity index (χ4v) is 4.20. The molecule has 1 atom stereocenters. The van der Waals surface area contributed by atoms with Crippen molar-refractivity contribution in [3.05, 3.63) is 85.8 Å². The van der Waals surface area contributed by atoms with Gasteiger partial charge < -0.3 is 9.84 Å². The van der Waals surface area contributed by atoms with Crippen molar-refractivity contribution in [2.24, 2.45) is 10.9 Å². The Kier molecular flexibility index (Phi) is 7.30. The van der Waals surface area contributed by atoms with E-state index in [1.165, 1.54) is 10.6 Å². The summed E-state index contributed by atoms with van der Waals surface area (Å²) in [6, 6.07) is 3.02. The van der Waals surface area contributed by atoms with Crippen molar-refractivity contribution in [3.8, 4) is 5.75 Å². The van der Waals surface area contributed by atoms with Crippen molar-refractivity contribution in [3.63, 3.8) is 0 Å². The first kappa shape index (κ1) is 26.6. The van der Waals surface area contributed by atoms with Crippen LogP contribution in [0, 0.1) is 32.5 Å². The number of allylic oxidation sites excluding steroid dienone is 1. The largest absolute Gasteiger partial charge is 0.485 e. The Morgan fingerprint density at radius 1 is 1.22 bits per heavy atom. The summed E-state index contributed by atoms with van der Waals surface area (Å²) in [5, 5.41) is 10.3. The van der Waals surface area contributed by atoms with Crippen LogP contribution in [0.25, 0.3) is 5.70 Å². The molecule has 0 saturated carbocycles. The van der Waals surface area contributed by atoms with E-state index in [9.17, 15) is 14.3 Å². The number of pyridine rings is 2. The maximum Gasteiger partial charge on any atom is 0.277 e. The third-order valence-corrected chi connectivity index (χ3v) is 6.41. The number of halogens is 2. The summed E-state index contributed by atoms with van der Waals surface area (Å²) >= 11 is 6.44. The van der Waals surface area contributed by atoms with E-state index in [0.717, 1.165) is 5.56 Å². The summed E-state index contributed by atoms with van der Waals surface area (Å²) in [6.45, 7) is 10.9. The second kappa shape index (κ2) is 10.1. The lowest BCUT2D eigenvalue weighted by atomic mass is 9.99. The van der Waals surface area contributed by atoms with Crippen LogP contribution < -0.4 is 10.3 Å². The summed E-state index contributed by atoms with van der Waals surface area (Å²) in [6.07, 6.45) is 5.01. The molecule has 3 aromatic heterocycles. The van der Waals surface area contributed by atoms with E-state index in [4.69, 9.17) is 16.3 Å². The molecule has 194 valence electrons. The number of nitrogens with zero attached hydrogens (tertiary/aromatic N) is 5. The molecule has 0 bridgehead atoms. The van der Waals surface area contributed by atoms with Gasteiger partial charge in [0, 0.05) is 42.3 Å². The molecular formula is C27H29ClFN5O3. The van der Waals surface area contributed by atoms with Gasteiger partial charge in [-0.05, 0) is 57.9 Å². The maximum atomic E-state index is 14.2. The van der Waals surface area contributed by atoms with Gasteiger partial charge in [0.1, 0.15) is 34.5 Å². The first-order chi connectivity index (χ1) is 17.4. The smallest absolute Gasteiger partial charge is 0.277 e. The van der Waals surface area contributed by atoms with Gasteiger partial charge in [0.15, 0.2) is 5.82 Å². The quantitative estimate of drug-likeness (QED) is 0.507. The zero-order chi connectivity index (χ0) is 27.1. The fraction of sp³-hybridized carbons (Fsp3) is 0.370. The number of ether oxygens (including phenoxy) is 1. The van der Waals surface area contributed by atoms with Crippen molar-refractivity contribution >= 4 is 23.0 Å². The Bertz CT molecular complexity index is 1490. The van der Waals surface area contributed by atoms with Crippen molar-refractivity contribution < 1.29 is 14.2 Å². The minimum atomic E-state index is -1.22. The Morgan fingerprint density at radius 2 is 1.95 bits per heavy atom. The summed E-state index contributed by atoms with van der Waals surface area (Å²) < 4.78 is 21.4. The lowest BCUT2D eigenvalue weighted by molar-refractivity contribution is 0.0686. The van der Waals surface area contributed by atoms with Crippen LogP contribution >= 0.6 is 11.6 Å². The van der Waals surface area contributed by atoms with Crippen LogP contribution in [0.5, 0.6) is 5.75 Å². The van der Waals surface area contributed by atoms with E-state index in [2.05, 4.69) is 19.9 Å². The van der Waals surface area contributed by atoms with Gasteiger partial charge >= 0.3 is 0 Å². The van der Waals surface area contributed by atoms with Crippen molar-refractivity contribution in [2.75, 3.05) is 6.54 Å². The number of aliphatic hydroxyl groups is 1. The predicted octanol–water partition coefficient (Wildman–Crippen LogP) is 4.54. The van der Waals surface area contributed by atoms with E-state index in [1.54, 1.807) is 46.2 Å². The van der Waals surface area contributed by atoms with E-state index >= 15 is 0 Å². The van der Waals surface area contributed by atoms with Crippen LogP contribution in [-0.4, -0.2) is 36.9 Å². The molecule has 1 N–H and O–H groups in total. The standard InChI is InChI=1S/C27H29ClFN5O3/c1-14-7-18(29)20(30-10-14)13-37-22-8-17(4)34(25(35)23(22)28)21-9-19(31-11-15(21)2)24-16(3)12-32-26(33-24)27(5,6)36/h7-10,12,15,36H,11,13H2,1-6H3/t15-/m1/s1. The molecule has 3 aromatic rings. The number of hydrogen-bond donors (Lipinski definition) is 1. The Balaban J connectivity index is 1.70. The molecule has 0 aromatic carbocycles. The van der Waals surface area contributed by atoms with Crippen LogP contribution in [0.4, 0.5) is 4.39 Å². The normalized spacial score (nSPS) is 15.9. The first-order valence-corrected chi connectivity index (χ1v) is 12.2. The third kappa shape index (κ3) is 5.47. The number of hydrogen-bond acceptors (Lipinski definition) is 7. The third-order valence-electron chi connectivity index (χ3n) is 6.06. The average molecular weight is 526 g/mol. The minimum Gasteiger partial charge on any atom is -0.485 e. The summed E-state index contributed by atoms with van der Waals surface area (Å²) in [4.78, 5) is 30.9. The van der Waals surface area contributed by atoms with Gasteiger partial charge in [-0.3, -0.25) is 19.3 Å². The molecule has 37 heavy (non-hydrogen) atoms. The molecule has 1 aliphatic heterocycles. The number of aryl methyl sites for hydroxylation is 3. The van der Waals surface area contributed by atoms with Gasteiger partial charge in [-0.2, -0.15) is 0 Å². The molecule has 0 saturated heterocycles. The molecule has 4 heterocycles. The lowest BCUT2D eigenvalue weighted by Crippen LogP contribution is -2.29. The summed E-state index contributed by atoms with van der Waals surface area (Å²) in [5.74, 6) is -0.130. The van der Waals surface area contributed by atoms with E-state index in [-0.39, 0.29) is 34.8 Å². The van der Waals surface area contributed by atoms with E-state index in [0.29, 0.717) is 34.9 Å². The maximum absolute atomic E-state index is 14.2. The first-order valence-electron chi connectivity index (χ1n) is 11.9. The lowest BCUT2D eigenvalue weighted by Gasteiger charge is -2.25. The molecule has 10 heteroatoms. The second-order valence-electron chi connectivity index (χ2n) is 9.81. The molecular weight excluding hydrogens is 497 g/mol. The molecule has 0 radical (unpaired) electrons.